The molecule has 3 aromatic rings. The number of benzene rings is 1. The van der Waals surface area contributed by atoms with Gasteiger partial charge in [0.2, 0.25) is 0 Å². The molecule has 0 spiro atoms. The van der Waals surface area contributed by atoms with Gasteiger partial charge in [-0.1, -0.05) is 0 Å². The van der Waals surface area contributed by atoms with E-state index in [0.717, 1.165) is 37.6 Å². The van der Waals surface area contributed by atoms with Gasteiger partial charge in [-0.2, -0.15) is 0 Å². The monoisotopic (exact) mass is 284 g/mol. The molecule has 0 unspecified atom stereocenters. The van der Waals surface area contributed by atoms with Crippen LogP contribution in [0.1, 0.15) is 25.8 Å². The van der Waals surface area contributed by atoms with Crippen LogP contribution < -0.4 is 5.32 Å². The zero-order valence-corrected chi connectivity index (χ0v) is 12.5. The normalized spacial score (nSPS) is 10.9. The number of anilines is 1. The molecule has 20 heavy (non-hydrogen) atoms. The predicted molar refractivity (Wildman–Crippen MR) is 84.8 cm³/mol. The molecule has 2 aromatic heterocycles. The van der Waals surface area contributed by atoms with Crippen molar-refractivity contribution in [2.75, 3.05) is 5.32 Å². The van der Waals surface area contributed by atoms with E-state index < -0.39 is 0 Å². The van der Waals surface area contributed by atoms with Crippen LogP contribution in [0.3, 0.4) is 0 Å². The topological polar surface area (TPSA) is 44.9 Å². The Morgan fingerprint density at radius 3 is 2.65 bits per heavy atom. The lowest BCUT2D eigenvalue weighted by atomic mass is 10.2. The number of thiophene rings is 1. The molecule has 2 heterocycles. The zero-order chi connectivity index (χ0) is 14.3. The Balaban J connectivity index is 1.88. The zero-order valence-electron chi connectivity index (χ0n) is 11.7. The number of hydrogen-bond donors (Lipinski definition) is 2. The third-order valence-corrected chi connectivity index (χ3v) is 4.26. The van der Waals surface area contributed by atoms with Crippen LogP contribution in [-0.2, 0) is 0 Å². The molecule has 0 fully saturated rings. The first-order chi connectivity index (χ1) is 9.52. The number of aryl methyl sites for hydroxylation is 3. The fraction of sp³-hybridized carbons (Fsp3) is 0.188. The van der Waals surface area contributed by atoms with Crippen molar-refractivity contribution in [1.82, 2.24) is 4.98 Å². The Morgan fingerprint density at radius 2 is 1.95 bits per heavy atom. The summed E-state index contributed by atoms with van der Waals surface area (Å²) in [5.41, 5.74) is 3.79. The van der Waals surface area contributed by atoms with E-state index in [2.05, 4.69) is 16.4 Å². The summed E-state index contributed by atoms with van der Waals surface area (Å²) in [6.45, 7) is 6.02. The van der Waals surface area contributed by atoms with Gasteiger partial charge in [-0.25, -0.2) is 0 Å². The van der Waals surface area contributed by atoms with Crippen molar-refractivity contribution in [2.45, 2.75) is 20.8 Å². The van der Waals surface area contributed by atoms with Gasteiger partial charge in [0, 0.05) is 32.0 Å². The molecule has 1 aromatic carbocycles. The van der Waals surface area contributed by atoms with Crippen molar-refractivity contribution >= 4 is 33.8 Å². The first-order valence-corrected chi connectivity index (χ1v) is 7.32. The fourth-order valence-corrected chi connectivity index (χ4v) is 3.33. The minimum atomic E-state index is -0.0431. The molecule has 0 saturated carbocycles. The summed E-state index contributed by atoms with van der Waals surface area (Å²) < 4.78 is 0. The molecule has 102 valence electrons. The number of carbonyl (C=O) groups is 1. The number of hydrogen-bond acceptors (Lipinski definition) is 2. The van der Waals surface area contributed by atoms with Crippen LogP contribution in [0.15, 0.2) is 30.3 Å². The standard InChI is InChI=1S/C16H16N2OS/c1-9-6-12-8-13(4-5-15(12)17-9)18-16(19)14-7-10(2)20-11(14)3/h4-8,17H,1-3H3,(H,18,19). The Labute approximate surface area is 121 Å². The number of amides is 1. The third kappa shape index (κ3) is 2.34. The molecular formula is C16H16N2OS. The molecule has 0 saturated heterocycles. The Hall–Kier alpha value is -2.07. The van der Waals surface area contributed by atoms with E-state index in [1.807, 2.05) is 45.0 Å². The average Bonchev–Trinajstić information content (AvgIpc) is 2.90. The lowest BCUT2D eigenvalue weighted by Gasteiger charge is -2.05. The summed E-state index contributed by atoms with van der Waals surface area (Å²) in [5, 5.41) is 4.08. The van der Waals surface area contributed by atoms with E-state index in [1.165, 1.54) is 0 Å². The highest BCUT2D eigenvalue weighted by Gasteiger charge is 2.12. The maximum Gasteiger partial charge on any atom is 0.256 e. The van der Waals surface area contributed by atoms with Gasteiger partial charge in [0.05, 0.1) is 5.56 Å². The molecule has 3 rings (SSSR count). The van der Waals surface area contributed by atoms with Gasteiger partial charge >= 0.3 is 0 Å². The minimum Gasteiger partial charge on any atom is -0.359 e. The van der Waals surface area contributed by atoms with Crippen molar-refractivity contribution in [3.63, 3.8) is 0 Å². The van der Waals surface area contributed by atoms with E-state index in [1.54, 1.807) is 11.3 Å². The molecule has 1 amide bonds. The molecular weight excluding hydrogens is 268 g/mol. The third-order valence-electron chi connectivity index (χ3n) is 3.30. The van der Waals surface area contributed by atoms with E-state index in [4.69, 9.17) is 0 Å². The predicted octanol–water partition coefficient (Wildman–Crippen LogP) is 4.41. The van der Waals surface area contributed by atoms with Gasteiger partial charge in [-0.15, -0.1) is 11.3 Å². The summed E-state index contributed by atoms with van der Waals surface area (Å²) in [7, 11) is 0. The Morgan fingerprint density at radius 1 is 1.15 bits per heavy atom. The number of aromatic amines is 1. The molecule has 0 aliphatic rings. The Bertz CT molecular complexity index is 798. The highest BCUT2D eigenvalue weighted by Crippen LogP contribution is 2.23. The van der Waals surface area contributed by atoms with Gasteiger partial charge in [0.1, 0.15) is 0 Å². The molecule has 0 bridgehead atoms. The molecule has 0 aliphatic carbocycles. The van der Waals surface area contributed by atoms with Crippen molar-refractivity contribution in [1.29, 1.82) is 0 Å². The summed E-state index contributed by atoms with van der Waals surface area (Å²) in [5.74, 6) is -0.0431. The van der Waals surface area contributed by atoms with E-state index in [0.29, 0.717) is 0 Å². The molecule has 0 atom stereocenters. The quantitative estimate of drug-likeness (QED) is 0.719. The molecule has 2 N–H and O–H groups in total. The number of fused-ring (bicyclic) bond motifs is 1. The number of H-pyrrole nitrogens is 1. The maximum atomic E-state index is 12.3. The number of rotatable bonds is 2. The lowest BCUT2D eigenvalue weighted by molar-refractivity contribution is 0.102. The van der Waals surface area contributed by atoms with Gasteiger partial charge in [0.15, 0.2) is 0 Å². The van der Waals surface area contributed by atoms with Crippen LogP contribution in [0.4, 0.5) is 5.69 Å². The van der Waals surface area contributed by atoms with Crippen LogP contribution >= 0.6 is 11.3 Å². The second kappa shape index (κ2) is 4.80. The molecule has 3 nitrogen and oxygen atoms in total. The molecule has 0 aliphatic heterocycles. The SMILES string of the molecule is Cc1cc2cc(NC(=O)c3cc(C)sc3C)ccc2[nH]1. The van der Waals surface area contributed by atoms with Gasteiger partial charge in [-0.3, -0.25) is 4.79 Å². The van der Waals surface area contributed by atoms with Gasteiger partial charge < -0.3 is 10.3 Å². The van der Waals surface area contributed by atoms with Crippen molar-refractivity contribution in [3.8, 4) is 0 Å². The fourth-order valence-electron chi connectivity index (χ4n) is 2.41. The van der Waals surface area contributed by atoms with Crippen molar-refractivity contribution < 1.29 is 4.79 Å². The number of nitrogens with one attached hydrogen (secondary N) is 2. The van der Waals surface area contributed by atoms with Crippen LogP contribution in [0.2, 0.25) is 0 Å². The smallest absolute Gasteiger partial charge is 0.256 e. The van der Waals surface area contributed by atoms with E-state index in [-0.39, 0.29) is 5.91 Å². The largest absolute Gasteiger partial charge is 0.359 e. The highest BCUT2D eigenvalue weighted by molar-refractivity contribution is 7.12. The van der Waals surface area contributed by atoms with Crippen LogP contribution in [0.25, 0.3) is 10.9 Å². The van der Waals surface area contributed by atoms with E-state index >= 15 is 0 Å². The number of carbonyl (C=O) groups excluding carboxylic acids is 1. The summed E-state index contributed by atoms with van der Waals surface area (Å²) in [4.78, 5) is 17.8. The van der Waals surface area contributed by atoms with E-state index in [9.17, 15) is 4.79 Å². The van der Waals surface area contributed by atoms with Crippen LogP contribution in [-0.4, -0.2) is 10.9 Å². The minimum absolute atomic E-state index is 0.0431. The highest BCUT2D eigenvalue weighted by atomic mass is 32.1. The van der Waals surface area contributed by atoms with Gasteiger partial charge in [0.25, 0.3) is 5.91 Å². The maximum absolute atomic E-state index is 12.3. The number of aromatic nitrogens is 1. The first kappa shape index (κ1) is 12.9. The van der Waals surface area contributed by atoms with Crippen molar-refractivity contribution in [2.24, 2.45) is 0 Å². The summed E-state index contributed by atoms with van der Waals surface area (Å²) in [6, 6.07) is 9.92. The Kier molecular flexibility index (Phi) is 3.10. The molecule has 4 heteroatoms. The summed E-state index contributed by atoms with van der Waals surface area (Å²) >= 11 is 1.65. The average molecular weight is 284 g/mol. The summed E-state index contributed by atoms with van der Waals surface area (Å²) in [6.07, 6.45) is 0. The van der Waals surface area contributed by atoms with Gasteiger partial charge in [-0.05, 0) is 51.1 Å². The lowest BCUT2D eigenvalue weighted by Crippen LogP contribution is -2.11. The second-order valence-electron chi connectivity index (χ2n) is 5.04. The molecule has 0 radical (unpaired) electrons. The second-order valence-corrected chi connectivity index (χ2v) is 6.50. The van der Waals surface area contributed by atoms with Crippen molar-refractivity contribution in [3.05, 3.63) is 51.3 Å². The first-order valence-electron chi connectivity index (χ1n) is 6.51. The van der Waals surface area contributed by atoms with Crippen LogP contribution in [0, 0.1) is 20.8 Å². The van der Waals surface area contributed by atoms with Crippen LogP contribution in [0.5, 0.6) is 0 Å².